The van der Waals surface area contributed by atoms with Crippen molar-refractivity contribution in [2.75, 3.05) is 13.1 Å². The molecule has 4 nitrogen and oxygen atoms in total. The van der Waals surface area contributed by atoms with E-state index in [1.54, 1.807) is 0 Å². The third-order valence-electron chi connectivity index (χ3n) is 4.97. The van der Waals surface area contributed by atoms with E-state index in [0.29, 0.717) is 13.1 Å². The van der Waals surface area contributed by atoms with Gasteiger partial charge >= 0.3 is 6.09 Å². The Kier molecular flexibility index (Phi) is 2.53. The molecule has 0 aromatic heterocycles. The molecule has 1 amide bonds. The van der Waals surface area contributed by atoms with Gasteiger partial charge in [-0.2, -0.15) is 0 Å². The Hall–Kier alpha value is -1.06. The van der Waals surface area contributed by atoms with Gasteiger partial charge in [-0.05, 0) is 30.1 Å². The zero-order chi connectivity index (χ0) is 12.9. The molecule has 17 heavy (non-hydrogen) atoms. The van der Waals surface area contributed by atoms with E-state index in [1.165, 1.54) is 4.90 Å². The minimum absolute atomic E-state index is 0.0276. The third-order valence-corrected chi connectivity index (χ3v) is 4.97. The Labute approximate surface area is 102 Å². The zero-order valence-corrected chi connectivity index (χ0v) is 10.8. The lowest BCUT2D eigenvalue weighted by Gasteiger charge is -2.37. The second-order valence-corrected chi connectivity index (χ2v) is 6.57. The van der Waals surface area contributed by atoms with Gasteiger partial charge in [0.05, 0.1) is 0 Å². The summed E-state index contributed by atoms with van der Waals surface area (Å²) in [6.45, 7) is 7.47. The van der Waals surface area contributed by atoms with Crippen LogP contribution in [-0.2, 0) is 4.79 Å². The van der Waals surface area contributed by atoms with Crippen LogP contribution in [0.4, 0.5) is 4.79 Å². The molecule has 4 heteroatoms. The fourth-order valence-corrected chi connectivity index (χ4v) is 3.64. The number of hydrogen-bond donors (Lipinski definition) is 1. The first-order valence-electron chi connectivity index (χ1n) is 6.22. The highest BCUT2D eigenvalue weighted by Gasteiger charge is 2.71. The van der Waals surface area contributed by atoms with Crippen LogP contribution in [0.5, 0.6) is 0 Å². The van der Waals surface area contributed by atoms with Crippen molar-refractivity contribution in [1.29, 1.82) is 0 Å². The predicted octanol–water partition coefficient (Wildman–Crippen LogP) is 2.38. The topological polar surface area (TPSA) is 57.6 Å². The molecule has 0 bridgehead atoms. The summed E-state index contributed by atoms with van der Waals surface area (Å²) in [5.74, 6) is 0. The van der Waals surface area contributed by atoms with Crippen LogP contribution in [0.3, 0.4) is 0 Å². The fraction of sp³-hybridized carbons (Fsp3) is 0.846. The van der Waals surface area contributed by atoms with Crippen LogP contribution in [0, 0.1) is 16.2 Å². The first-order chi connectivity index (χ1) is 7.78. The van der Waals surface area contributed by atoms with Gasteiger partial charge in [0.1, 0.15) is 6.29 Å². The Bertz CT molecular complexity index is 350. The normalized spacial score (nSPS) is 31.4. The van der Waals surface area contributed by atoms with Crippen molar-refractivity contribution >= 4 is 12.4 Å². The number of aldehydes is 1. The standard InChI is InChI=1S/C13H21NO3/c1-11(2,3)13(9-15)8-12(13)4-6-14(7-5-12)10(16)17/h9H,4-8H2,1-3H3,(H,16,17). The smallest absolute Gasteiger partial charge is 0.407 e. The predicted molar refractivity (Wildman–Crippen MR) is 63.8 cm³/mol. The Morgan fingerprint density at radius 3 is 2.12 bits per heavy atom. The van der Waals surface area contributed by atoms with Crippen molar-refractivity contribution in [3.05, 3.63) is 0 Å². The summed E-state index contributed by atoms with van der Waals surface area (Å²) >= 11 is 0. The van der Waals surface area contributed by atoms with Crippen molar-refractivity contribution in [2.45, 2.75) is 40.0 Å². The molecule has 0 radical (unpaired) electrons. The molecule has 2 fully saturated rings. The highest BCUT2D eigenvalue weighted by Crippen LogP contribution is 2.74. The molecule has 1 aliphatic carbocycles. The van der Waals surface area contributed by atoms with Crippen LogP contribution >= 0.6 is 0 Å². The number of hydrogen-bond acceptors (Lipinski definition) is 2. The Balaban J connectivity index is 2.12. The molecule has 1 saturated heterocycles. The number of carboxylic acid groups (broad SMARTS) is 1. The largest absolute Gasteiger partial charge is 0.465 e. The number of rotatable bonds is 1. The zero-order valence-electron chi connectivity index (χ0n) is 10.8. The van der Waals surface area contributed by atoms with Gasteiger partial charge < -0.3 is 14.8 Å². The van der Waals surface area contributed by atoms with Crippen molar-refractivity contribution in [3.63, 3.8) is 0 Å². The van der Waals surface area contributed by atoms with Crippen LogP contribution in [0.25, 0.3) is 0 Å². The summed E-state index contributed by atoms with van der Waals surface area (Å²) in [6.07, 6.45) is 2.88. The molecule has 2 aliphatic rings. The lowest BCUT2D eigenvalue weighted by Crippen LogP contribution is -2.42. The van der Waals surface area contributed by atoms with Crippen LogP contribution in [-0.4, -0.2) is 35.5 Å². The van der Waals surface area contributed by atoms with Gasteiger partial charge in [-0.1, -0.05) is 20.8 Å². The maximum Gasteiger partial charge on any atom is 0.407 e. The van der Waals surface area contributed by atoms with E-state index in [9.17, 15) is 9.59 Å². The van der Waals surface area contributed by atoms with Crippen LogP contribution in [0.15, 0.2) is 0 Å². The Morgan fingerprint density at radius 1 is 1.29 bits per heavy atom. The second-order valence-electron chi connectivity index (χ2n) is 6.57. The maximum absolute atomic E-state index is 11.5. The summed E-state index contributed by atoms with van der Waals surface area (Å²) in [7, 11) is 0. The lowest BCUT2D eigenvalue weighted by molar-refractivity contribution is -0.118. The van der Waals surface area contributed by atoms with E-state index in [4.69, 9.17) is 5.11 Å². The SMILES string of the molecule is CC(C)(C)C1(C=O)CC12CCN(C(=O)O)CC2. The van der Waals surface area contributed by atoms with E-state index < -0.39 is 6.09 Å². The van der Waals surface area contributed by atoms with E-state index in [2.05, 4.69) is 20.8 Å². The van der Waals surface area contributed by atoms with Crippen LogP contribution < -0.4 is 0 Å². The molecule has 1 heterocycles. The number of carbonyl (C=O) groups excluding carboxylic acids is 1. The molecule has 2 rings (SSSR count). The summed E-state index contributed by atoms with van der Waals surface area (Å²) in [5.41, 5.74) is -0.191. The highest BCUT2D eigenvalue weighted by molar-refractivity contribution is 5.69. The van der Waals surface area contributed by atoms with Gasteiger partial charge in [-0.25, -0.2) is 4.79 Å². The number of amides is 1. The van der Waals surface area contributed by atoms with E-state index in [1.807, 2.05) is 0 Å². The van der Waals surface area contributed by atoms with Gasteiger partial charge in [0.2, 0.25) is 0 Å². The molecule has 0 aromatic carbocycles. The van der Waals surface area contributed by atoms with Gasteiger partial charge in [-0.3, -0.25) is 0 Å². The number of piperidine rings is 1. The minimum atomic E-state index is -0.840. The second kappa shape index (κ2) is 3.47. The van der Waals surface area contributed by atoms with Crippen molar-refractivity contribution in [3.8, 4) is 0 Å². The summed E-state index contributed by atoms with van der Waals surface area (Å²) in [5, 5.41) is 8.93. The first kappa shape index (κ1) is 12.4. The summed E-state index contributed by atoms with van der Waals surface area (Å²) < 4.78 is 0. The summed E-state index contributed by atoms with van der Waals surface area (Å²) in [6, 6.07) is 0. The van der Waals surface area contributed by atoms with Gasteiger partial charge in [0, 0.05) is 18.5 Å². The van der Waals surface area contributed by atoms with Crippen molar-refractivity contribution in [1.82, 2.24) is 4.90 Å². The van der Waals surface area contributed by atoms with Crippen LogP contribution in [0.2, 0.25) is 0 Å². The third kappa shape index (κ3) is 1.57. The minimum Gasteiger partial charge on any atom is -0.465 e. The lowest BCUT2D eigenvalue weighted by atomic mass is 9.70. The molecule has 1 unspecified atom stereocenters. The maximum atomic E-state index is 11.5. The molecular weight excluding hydrogens is 218 g/mol. The van der Waals surface area contributed by atoms with E-state index in [0.717, 1.165) is 25.5 Å². The Morgan fingerprint density at radius 2 is 1.82 bits per heavy atom. The molecule has 1 spiro atoms. The average Bonchev–Trinajstić information content (AvgIpc) is 2.87. The van der Waals surface area contributed by atoms with E-state index >= 15 is 0 Å². The average molecular weight is 239 g/mol. The number of likely N-dealkylation sites (tertiary alicyclic amines) is 1. The van der Waals surface area contributed by atoms with Gasteiger partial charge in [0.15, 0.2) is 0 Å². The summed E-state index contributed by atoms with van der Waals surface area (Å²) in [4.78, 5) is 23.8. The number of carbonyl (C=O) groups is 2. The fourth-order valence-electron chi connectivity index (χ4n) is 3.64. The molecular formula is C13H21NO3. The van der Waals surface area contributed by atoms with Crippen LogP contribution in [0.1, 0.15) is 40.0 Å². The van der Waals surface area contributed by atoms with Crippen molar-refractivity contribution < 1.29 is 14.7 Å². The molecule has 1 N–H and O–H groups in total. The quantitative estimate of drug-likeness (QED) is 0.715. The molecule has 96 valence electrons. The number of nitrogens with zero attached hydrogens (tertiary/aromatic N) is 1. The molecule has 0 aromatic rings. The van der Waals surface area contributed by atoms with Gasteiger partial charge in [0.25, 0.3) is 0 Å². The highest BCUT2D eigenvalue weighted by atomic mass is 16.4. The monoisotopic (exact) mass is 239 g/mol. The molecule has 1 aliphatic heterocycles. The molecule has 1 atom stereocenters. The van der Waals surface area contributed by atoms with E-state index in [-0.39, 0.29) is 16.2 Å². The molecule has 1 saturated carbocycles. The van der Waals surface area contributed by atoms with Gasteiger partial charge in [-0.15, -0.1) is 0 Å². The van der Waals surface area contributed by atoms with Crippen molar-refractivity contribution in [2.24, 2.45) is 16.2 Å². The first-order valence-corrected chi connectivity index (χ1v) is 6.22.